The highest BCUT2D eigenvalue weighted by Crippen LogP contribution is 2.37. The Morgan fingerprint density at radius 2 is 1.57 bits per heavy atom. The van der Waals surface area contributed by atoms with Crippen LogP contribution in [0.5, 0.6) is 17.2 Å². The van der Waals surface area contributed by atoms with Crippen molar-refractivity contribution in [3.8, 4) is 17.2 Å². The third-order valence-corrected chi connectivity index (χ3v) is 6.82. The Bertz CT molecular complexity index is 1100. The van der Waals surface area contributed by atoms with Crippen LogP contribution < -0.4 is 25.0 Å². The van der Waals surface area contributed by atoms with E-state index in [0.717, 1.165) is 35.4 Å². The molecule has 0 unspecified atom stereocenters. The zero-order valence-corrected chi connectivity index (χ0v) is 21.2. The van der Waals surface area contributed by atoms with E-state index >= 15 is 0 Å². The zero-order valence-electron chi connectivity index (χ0n) is 21.2. The summed E-state index contributed by atoms with van der Waals surface area (Å²) < 4.78 is 10.5. The van der Waals surface area contributed by atoms with Gasteiger partial charge >= 0.3 is 0 Å². The van der Waals surface area contributed by atoms with Gasteiger partial charge in [0.2, 0.25) is 11.7 Å². The first kappa shape index (κ1) is 24.9. The lowest BCUT2D eigenvalue weighted by molar-refractivity contribution is 0.275. The van der Waals surface area contributed by atoms with Crippen molar-refractivity contribution in [1.29, 1.82) is 0 Å². The van der Waals surface area contributed by atoms with Crippen LogP contribution in [0.4, 0.5) is 11.8 Å². The van der Waals surface area contributed by atoms with Gasteiger partial charge in [-0.05, 0) is 73.9 Å². The van der Waals surface area contributed by atoms with Crippen LogP contribution in [0, 0.1) is 11.8 Å². The van der Waals surface area contributed by atoms with Crippen LogP contribution in [0.15, 0.2) is 36.4 Å². The molecule has 188 valence electrons. The molecule has 1 saturated carbocycles. The smallest absolute Gasteiger partial charge is 0.225 e. The van der Waals surface area contributed by atoms with Gasteiger partial charge < -0.3 is 30.1 Å². The molecule has 0 amide bonds. The summed E-state index contributed by atoms with van der Waals surface area (Å²) in [7, 11) is 7.13. The van der Waals surface area contributed by atoms with E-state index in [1.165, 1.54) is 25.7 Å². The quantitative estimate of drug-likeness (QED) is 0.393. The largest absolute Gasteiger partial charge is 0.502 e. The van der Waals surface area contributed by atoms with Gasteiger partial charge in [-0.1, -0.05) is 12.1 Å². The second-order valence-corrected chi connectivity index (χ2v) is 9.53. The summed E-state index contributed by atoms with van der Waals surface area (Å²) in [4.78, 5) is 11.5. The highest BCUT2D eigenvalue weighted by Gasteiger charge is 2.21. The van der Waals surface area contributed by atoms with Gasteiger partial charge in [-0.2, -0.15) is 4.98 Å². The summed E-state index contributed by atoms with van der Waals surface area (Å²) in [5, 5.41) is 18.2. The van der Waals surface area contributed by atoms with E-state index in [1.807, 2.05) is 49.3 Å². The first-order valence-electron chi connectivity index (χ1n) is 12.3. The van der Waals surface area contributed by atoms with Crippen LogP contribution in [0.1, 0.15) is 31.2 Å². The first-order chi connectivity index (χ1) is 17.0. The maximum atomic E-state index is 10.1. The molecule has 3 N–H and O–H groups in total. The van der Waals surface area contributed by atoms with Crippen LogP contribution in [-0.4, -0.2) is 56.5 Å². The number of methoxy groups -OCH3 is 2. The van der Waals surface area contributed by atoms with Crippen molar-refractivity contribution in [1.82, 2.24) is 15.3 Å². The average molecular weight is 480 g/mol. The standard InChI is InChI=1S/C27H37N5O3/c1-32(2)26-21-7-5-6-8-22(21)30-27(31-26)29-17-19-11-9-18(10-12-19)15-28-16-20-13-23(34-3)25(33)24(14-20)35-4/h5-8,13-14,18-19,28,33H,9-12,15-17H2,1-4H3,(H,29,30,31). The van der Waals surface area contributed by atoms with Crippen molar-refractivity contribution in [3.05, 3.63) is 42.0 Å². The number of benzene rings is 2. The minimum Gasteiger partial charge on any atom is -0.502 e. The molecule has 4 rings (SSSR count). The highest BCUT2D eigenvalue weighted by atomic mass is 16.5. The molecule has 0 spiro atoms. The lowest BCUT2D eigenvalue weighted by Gasteiger charge is -2.29. The number of ether oxygens (including phenoxy) is 2. The van der Waals surface area contributed by atoms with Crippen molar-refractivity contribution >= 4 is 22.7 Å². The van der Waals surface area contributed by atoms with E-state index in [1.54, 1.807) is 14.2 Å². The zero-order chi connectivity index (χ0) is 24.8. The Balaban J connectivity index is 1.24. The molecule has 0 saturated heterocycles. The van der Waals surface area contributed by atoms with Crippen LogP contribution >= 0.6 is 0 Å². The predicted octanol–water partition coefficient (Wildman–Crippen LogP) is 4.43. The first-order valence-corrected chi connectivity index (χ1v) is 12.3. The summed E-state index contributed by atoms with van der Waals surface area (Å²) in [6, 6.07) is 11.9. The van der Waals surface area contributed by atoms with E-state index in [2.05, 4.69) is 16.7 Å². The van der Waals surface area contributed by atoms with Crippen LogP contribution in [0.2, 0.25) is 0 Å². The second kappa shape index (κ2) is 11.4. The van der Waals surface area contributed by atoms with E-state index in [0.29, 0.717) is 35.8 Å². The number of hydrogen-bond donors (Lipinski definition) is 3. The summed E-state index contributed by atoms with van der Waals surface area (Å²) in [6.45, 7) is 2.59. The summed E-state index contributed by atoms with van der Waals surface area (Å²) in [5.41, 5.74) is 1.99. The lowest BCUT2D eigenvalue weighted by atomic mass is 9.82. The molecule has 2 aromatic carbocycles. The van der Waals surface area contributed by atoms with Crippen molar-refractivity contribution in [2.45, 2.75) is 32.2 Å². The second-order valence-electron chi connectivity index (χ2n) is 9.53. The Kier molecular flexibility index (Phi) is 8.13. The maximum absolute atomic E-state index is 10.1. The topological polar surface area (TPSA) is 91.8 Å². The summed E-state index contributed by atoms with van der Waals surface area (Å²) in [6.07, 6.45) is 4.83. The molecule has 1 fully saturated rings. The maximum Gasteiger partial charge on any atom is 0.225 e. The number of phenols is 1. The van der Waals surface area contributed by atoms with Gasteiger partial charge in [-0.15, -0.1) is 0 Å². The van der Waals surface area contributed by atoms with Gasteiger partial charge in [0.25, 0.3) is 0 Å². The number of aromatic hydroxyl groups is 1. The number of hydrogen-bond acceptors (Lipinski definition) is 8. The fourth-order valence-electron chi connectivity index (χ4n) is 4.83. The summed E-state index contributed by atoms with van der Waals surface area (Å²) >= 11 is 0. The number of nitrogens with one attached hydrogen (secondary N) is 2. The van der Waals surface area contributed by atoms with Gasteiger partial charge in [0.05, 0.1) is 19.7 Å². The molecule has 1 heterocycles. The van der Waals surface area contributed by atoms with Gasteiger partial charge in [0, 0.05) is 32.6 Å². The fourth-order valence-corrected chi connectivity index (χ4v) is 4.83. The third-order valence-electron chi connectivity index (χ3n) is 6.82. The Hall–Kier alpha value is -3.26. The number of fused-ring (bicyclic) bond motifs is 1. The molecule has 3 aromatic rings. The Labute approximate surface area is 207 Å². The average Bonchev–Trinajstić information content (AvgIpc) is 2.88. The third kappa shape index (κ3) is 6.06. The minimum absolute atomic E-state index is 0.0395. The van der Waals surface area contributed by atoms with E-state index in [4.69, 9.17) is 19.4 Å². The van der Waals surface area contributed by atoms with Crippen LogP contribution in [0.3, 0.4) is 0 Å². The molecule has 0 aliphatic heterocycles. The van der Waals surface area contributed by atoms with Gasteiger partial charge in [0.1, 0.15) is 5.82 Å². The molecule has 1 aromatic heterocycles. The minimum atomic E-state index is 0.0395. The van der Waals surface area contributed by atoms with Crippen molar-refractivity contribution in [3.63, 3.8) is 0 Å². The van der Waals surface area contributed by atoms with Gasteiger partial charge in [0.15, 0.2) is 11.5 Å². The molecule has 0 bridgehead atoms. The summed E-state index contributed by atoms with van der Waals surface area (Å²) in [5.74, 6) is 3.86. The number of rotatable bonds is 10. The molecule has 8 heteroatoms. The molecule has 0 atom stereocenters. The molecule has 1 aliphatic rings. The molecular weight excluding hydrogens is 442 g/mol. The highest BCUT2D eigenvalue weighted by molar-refractivity contribution is 5.90. The van der Waals surface area contributed by atoms with Crippen molar-refractivity contribution in [2.24, 2.45) is 11.8 Å². The molecule has 35 heavy (non-hydrogen) atoms. The van der Waals surface area contributed by atoms with E-state index in [-0.39, 0.29) is 5.75 Å². The fraction of sp³-hybridized carbons (Fsp3) is 0.481. The normalized spacial score (nSPS) is 17.8. The van der Waals surface area contributed by atoms with Crippen molar-refractivity contribution in [2.75, 3.05) is 51.6 Å². The number of aromatic nitrogens is 2. The van der Waals surface area contributed by atoms with E-state index < -0.39 is 0 Å². The van der Waals surface area contributed by atoms with Crippen molar-refractivity contribution < 1.29 is 14.6 Å². The van der Waals surface area contributed by atoms with Gasteiger partial charge in [-0.25, -0.2) is 4.98 Å². The van der Waals surface area contributed by atoms with Gasteiger partial charge in [-0.3, -0.25) is 0 Å². The van der Waals surface area contributed by atoms with E-state index in [9.17, 15) is 5.11 Å². The monoisotopic (exact) mass is 479 g/mol. The molecule has 8 nitrogen and oxygen atoms in total. The number of anilines is 2. The van der Waals surface area contributed by atoms with Crippen LogP contribution in [-0.2, 0) is 6.54 Å². The van der Waals surface area contributed by atoms with Crippen LogP contribution in [0.25, 0.3) is 10.9 Å². The lowest BCUT2D eigenvalue weighted by Crippen LogP contribution is -2.28. The Morgan fingerprint density at radius 3 is 2.20 bits per heavy atom. The molecule has 1 aliphatic carbocycles. The molecule has 0 radical (unpaired) electrons. The number of phenolic OH excluding ortho intramolecular Hbond substituents is 1. The predicted molar refractivity (Wildman–Crippen MR) is 141 cm³/mol. The number of para-hydroxylation sites is 1. The number of nitrogens with zero attached hydrogens (tertiary/aromatic N) is 3. The molecular formula is C27H37N5O3. The SMILES string of the molecule is COc1cc(CNCC2CCC(CNc3nc(N(C)C)c4ccccc4n3)CC2)cc(OC)c1O. The Morgan fingerprint density at radius 1 is 0.943 bits per heavy atom.